The Labute approximate surface area is 142 Å². The van der Waals surface area contributed by atoms with Gasteiger partial charge >= 0.3 is 0 Å². The molecule has 2 aromatic heterocycles. The van der Waals surface area contributed by atoms with E-state index in [0.717, 1.165) is 30.4 Å². The number of aromatic nitrogens is 1. The largest absolute Gasteiger partial charge is 0.444 e. The predicted octanol–water partition coefficient (Wildman–Crippen LogP) is 3.35. The lowest BCUT2D eigenvalue weighted by Crippen LogP contribution is -2.43. The highest BCUT2D eigenvalue weighted by Gasteiger charge is 2.09. The smallest absolute Gasteiger partial charge is 0.216 e. The number of aliphatic imine (C=N–C) groups is 1. The van der Waals surface area contributed by atoms with E-state index in [0.29, 0.717) is 18.5 Å². The van der Waals surface area contributed by atoms with Gasteiger partial charge in [-0.25, -0.2) is 9.98 Å². The molecule has 1 atom stereocenters. The van der Waals surface area contributed by atoms with Gasteiger partial charge in [-0.15, -0.1) is 11.3 Å². The standard InChI is InChI=1S/C17H26N4OS/c1-6-18-17(19-10-16-21-13(4)14(5)22-16)20-11(2)9-15-8-7-12(3)23-15/h7-8,11H,6,9-10H2,1-5H3,(H2,18,19,20). The molecule has 2 aromatic rings. The first kappa shape index (κ1) is 17.5. The maximum Gasteiger partial charge on any atom is 0.216 e. The maximum atomic E-state index is 5.57. The molecule has 5 nitrogen and oxygen atoms in total. The van der Waals surface area contributed by atoms with Crippen molar-refractivity contribution in [3.05, 3.63) is 39.2 Å². The van der Waals surface area contributed by atoms with Crippen molar-refractivity contribution in [3.8, 4) is 0 Å². The van der Waals surface area contributed by atoms with Gasteiger partial charge in [-0.3, -0.25) is 0 Å². The Morgan fingerprint density at radius 3 is 2.70 bits per heavy atom. The van der Waals surface area contributed by atoms with Gasteiger partial charge in [0, 0.05) is 28.8 Å². The number of thiophene rings is 1. The Bertz CT molecular complexity index is 640. The van der Waals surface area contributed by atoms with Crippen LogP contribution in [0.15, 0.2) is 21.5 Å². The SMILES string of the molecule is CCNC(=NCc1nc(C)c(C)o1)NC(C)Cc1ccc(C)s1. The van der Waals surface area contributed by atoms with Crippen molar-refractivity contribution >= 4 is 17.3 Å². The van der Waals surface area contributed by atoms with E-state index in [1.54, 1.807) is 0 Å². The minimum absolute atomic E-state index is 0.305. The Morgan fingerprint density at radius 2 is 2.13 bits per heavy atom. The number of oxazole rings is 1. The van der Waals surface area contributed by atoms with Crippen LogP contribution in [0.2, 0.25) is 0 Å². The number of nitrogens with zero attached hydrogens (tertiary/aromatic N) is 2. The van der Waals surface area contributed by atoms with Gasteiger partial charge in [-0.1, -0.05) is 0 Å². The fourth-order valence-electron chi connectivity index (χ4n) is 2.25. The van der Waals surface area contributed by atoms with Gasteiger partial charge in [0.05, 0.1) is 5.69 Å². The highest BCUT2D eigenvalue weighted by atomic mass is 32.1. The summed E-state index contributed by atoms with van der Waals surface area (Å²) in [5, 5.41) is 6.71. The Morgan fingerprint density at radius 1 is 1.35 bits per heavy atom. The van der Waals surface area contributed by atoms with Gasteiger partial charge in [-0.2, -0.15) is 0 Å². The van der Waals surface area contributed by atoms with Crippen LogP contribution >= 0.6 is 11.3 Å². The topological polar surface area (TPSA) is 62.5 Å². The number of rotatable bonds is 6. The van der Waals surface area contributed by atoms with Gasteiger partial charge in [-0.05, 0) is 46.8 Å². The molecule has 2 N–H and O–H groups in total. The van der Waals surface area contributed by atoms with Crippen molar-refractivity contribution in [2.45, 2.75) is 53.6 Å². The fourth-order valence-corrected chi connectivity index (χ4v) is 3.27. The quantitative estimate of drug-likeness (QED) is 0.628. The molecule has 126 valence electrons. The highest BCUT2D eigenvalue weighted by Crippen LogP contribution is 2.16. The van der Waals surface area contributed by atoms with E-state index in [-0.39, 0.29) is 0 Å². The van der Waals surface area contributed by atoms with Crippen LogP contribution in [0.4, 0.5) is 0 Å². The Balaban J connectivity index is 1.95. The molecule has 0 aliphatic carbocycles. The lowest BCUT2D eigenvalue weighted by molar-refractivity contribution is 0.472. The summed E-state index contributed by atoms with van der Waals surface area (Å²) in [7, 11) is 0. The van der Waals surface area contributed by atoms with Crippen LogP contribution in [0, 0.1) is 20.8 Å². The number of hydrogen-bond donors (Lipinski definition) is 2. The zero-order chi connectivity index (χ0) is 16.8. The summed E-state index contributed by atoms with van der Waals surface area (Å²) >= 11 is 1.85. The molecule has 0 aromatic carbocycles. The molecule has 0 spiro atoms. The minimum Gasteiger partial charge on any atom is -0.444 e. The van der Waals surface area contributed by atoms with Crippen LogP contribution in [0.3, 0.4) is 0 Å². The number of nitrogens with one attached hydrogen (secondary N) is 2. The maximum absolute atomic E-state index is 5.57. The van der Waals surface area contributed by atoms with E-state index < -0.39 is 0 Å². The Hall–Kier alpha value is -1.82. The van der Waals surface area contributed by atoms with Crippen LogP contribution in [0.1, 0.15) is 40.9 Å². The number of hydrogen-bond acceptors (Lipinski definition) is 4. The van der Waals surface area contributed by atoms with Gasteiger partial charge in [0.1, 0.15) is 12.3 Å². The van der Waals surface area contributed by atoms with Crippen LogP contribution in [0.5, 0.6) is 0 Å². The lowest BCUT2D eigenvalue weighted by Gasteiger charge is -2.17. The van der Waals surface area contributed by atoms with Crippen molar-refractivity contribution in [1.82, 2.24) is 15.6 Å². The monoisotopic (exact) mass is 334 g/mol. The molecule has 1 unspecified atom stereocenters. The van der Waals surface area contributed by atoms with E-state index >= 15 is 0 Å². The molecule has 0 radical (unpaired) electrons. The normalized spacial score (nSPS) is 13.2. The molecule has 2 heterocycles. The molecule has 0 aliphatic rings. The molecule has 0 saturated carbocycles. The third kappa shape index (κ3) is 5.39. The molecule has 0 amide bonds. The molecule has 2 rings (SSSR count). The molecular formula is C17H26N4OS. The average Bonchev–Trinajstić information content (AvgIpc) is 3.03. The van der Waals surface area contributed by atoms with Crippen molar-refractivity contribution in [3.63, 3.8) is 0 Å². The van der Waals surface area contributed by atoms with E-state index in [1.165, 1.54) is 9.75 Å². The van der Waals surface area contributed by atoms with E-state index in [9.17, 15) is 0 Å². The molecular weight excluding hydrogens is 308 g/mol. The predicted molar refractivity (Wildman–Crippen MR) is 96.2 cm³/mol. The number of aryl methyl sites for hydroxylation is 3. The van der Waals surface area contributed by atoms with Crippen LogP contribution in [-0.4, -0.2) is 23.5 Å². The first-order chi connectivity index (χ1) is 11.0. The summed E-state index contributed by atoms with van der Waals surface area (Å²) in [6, 6.07) is 4.67. The molecule has 23 heavy (non-hydrogen) atoms. The van der Waals surface area contributed by atoms with Gasteiger partial charge in [0.25, 0.3) is 0 Å². The van der Waals surface area contributed by atoms with Gasteiger partial charge in [0.15, 0.2) is 5.96 Å². The van der Waals surface area contributed by atoms with E-state index in [1.807, 2.05) is 25.2 Å². The lowest BCUT2D eigenvalue weighted by atomic mass is 10.2. The second-order valence-corrected chi connectivity index (χ2v) is 7.08. The zero-order valence-corrected chi connectivity index (χ0v) is 15.4. The second kappa shape index (κ2) is 8.15. The van der Waals surface area contributed by atoms with Gasteiger partial charge in [0.2, 0.25) is 5.89 Å². The molecule has 6 heteroatoms. The van der Waals surface area contributed by atoms with E-state index in [4.69, 9.17) is 4.42 Å². The third-order valence-electron chi connectivity index (χ3n) is 3.48. The fraction of sp³-hybridized carbons (Fsp3) is 0.529. The average molecular weight is 334 g/mol. The molecule has 0 bridgehead atoms. The molecule has 0 aliphatic heterocycles. The van der Waals surface area contributed by atoms with Crippen molar-refractivity contribution < 1.29 is 4.42 Å². The van der Waals surface area contributed by atoms with Crippen molar-refractivity contribution in [2.24, 2.45) is 4.99 Å². The summed E-state index contributed by atoms with van der Waals surface area (Å²) in [6.07, 6.45) is 0.986. The highest BCUT2D eigenvalue weighted by molar-refractivity contribution is 7.11. The summed E-state index contributed by atoms with van der Waals surface area (Å²) < 4.78 is 5.57. The van der Waals surface area contributed by atoms with Crippen molar-refractivity contribution in [1.29, 1.82) is 0 Å². The summed E-state index contributed by atoms with van der Waals surface area (Å²) in [5.41, 5.74) is 0.926. The summed E-state index contributed by atoms with van der Waals surface area (Å²) in [4.78, 5) is 11.7. The summed E-state index contributed by atoms with van der Waals surface area (Å²) in [6.45, 7) is 11.5. The Kier molecular flexibility index (Phi) is 6.21. The van der Waals surface area contributed by atoms with Gasteiger partial charge < -0.3 is 15.1 Å². The minimum atomic E-state index is 0.305. The van der Waals surface area contributed by atoms with Crippen LogP contribution < -0.4 is 10.6 Å². The van der Waals surface area contributed by atoms with Crippen LogP contribution in [0.25, 0.3) is 0 Å². The molecule has 0 saturated heterocycles. The van der Waals surface area contributed by atoms with Crippen molar-refractivity contribution in [2.75, 3.05) is 6.54 Å². The summed E-state index contributed by atoms with van der Waals surface area (Å²) in [5.74, 6) is 2.30. The molecule has 0 fully saturated rings. The zero-order valence-electron chi connectivity index (χ0n) is 14.6. The first-order valence-corrected chi connectivity index (χ1v) is 8.82. The third-order valence-corrected chi connectivity index (χ3v) is 4.50. The first-order valence-electron chi connectivity index (χ1n) is 8.01. The number of guanidine groups is 1. The van der Waals surface area contributed by atoms with E-state index in [2.05, 4.69) is 53.5 Å². The second-order valence-electron chi connectivity index (χ2n) is 5.71. The van der Waals surface area contributed by atoms with Crippen LogP contribution in [-0.2, 0) is 13.0 Å².